The van der Waals surface area contributed by atoms with Crippen LogP contribution in [0.15, 0.2) is 24.3 Å². The van der Waals surface area contributed by atoms with Crippen LogP contribution >= 0.6 is 11.8 Å². The zero-order valence-corrected chi connectivity index (χ0v) is 11.1. The van der Waals surface area contributed by atoms with E-state index in [9.17, 15) is 4.39 Å². The first-order chi connectivity index (χ1) is 8.04. The van der Waals surface area contributed by atoms with Gasteiger partial charge in [0.2, 0.25) is 0 Å². The fourth-order valence-electron chi connectivity index (χ4n) is 1.69. The minimum Gasteiger partial charge on any atom is -0.396 e. The summed E-state index contributed by atoms with van der Waals surface area (Å²) in [4.78, 5) is 0. The molecular formula is C13H20FNOS. The van der Waals surface area contributed by atoms with Gasteiger partial charge in [0.15, 0.2) is 0 Å². The largest absolute Gasteiger partial charge is 0.396 e. The monoisotopic (exact) mass is 257 g/mol. The van der Waals surface area contributed by atoms with Gasteiger partial charge in [0.25, 0.3) is 0 Å². The van der Waals surface area contributed by atoms with Gasteiger partial charge in [0.05, 0.1) is 0 Å². The second-order valence-electron chi connectivity index (χ2n) is 4.29. The number of thioether (sulfide) groups is 1. The predicted octanol–water partition coefficient (Wildman–Crippen LogP) is 2.72. The Balaban J connectivity index is 2.79. The Labute approximate surface area is 106 Å². The lowest BCUT2D eigenvalue weighted by Crippen LogP contribution is -2.24. The molecule has 96 valence electrons. The van der Waals surface area contributed by atoms with Crippen molar-refractivity contribution in [1.82, 2.24) is 0 Å². The minimum absolute atomic E-state index is 0.0528. The molecule has 0 aliphatic rings. The molecule has 0 bridgehead atoms. The molecule has 4 heteroatoms. The molecule has 1 aromatic rings. The van der Waals surface area contributed by atoms with Crippen LogP contribution in [-0.4, -0.2) is 23.0 Å². The van der Waals surface area contributed by atoms with Gasteiger partial charge in [-0.25, -0.2) is 4.39 Å². The lowest BCUT2D eigenvalue weighted by Gasteiger charge is -2.24. The van der Waals surface area contributed by atoms with Crippen molar-refractivity contribution in [3.05, 3.63) is 35.6 Å². The standard InChI is InChI=1S/C13H20FNOS/c1-9(6-7-16)17-13(10(2)15)11-4-3-5-12(14)8-11/h3-5,8-10,13,16H,6-7,15H2,1-2H3. The fourth-order valence-corrected chi connectivity index (χ4v) is 2.98. The second kappa shape index (κ2) is 6.99. The molecule has 0 radical (unpaired) electrons. The Morgan fingerprint density at radius 3 is 2.65 bits per heavy atom. The van der Waals surface area contributed by atoms with Crippen molar-refractivity contribution in [2.24, 2.45) is 5.73 Å². The zero-order valence-electron chi connectivity index (χ0n) is 10.3. The quantitative estimate of drug-likeness (QED) is 0.823. The highest BCUT2D eigenvalue weighted by atomic mass is 32.2. The number of nitrogens with two attached hydrogens (primary N) is 1. The van der Waals surface area contributed by atoms with Crippen molar-refractivity contribution in [3.63, 3.8) is 0 Å². The number of halogens is 1. The maximum Gasteiger partial charge on any atom is 0.123 e. The van der Waals surface area contributed by atoms with Crippen LogP contribution in [-0.2, 0) is 0 Å². The van der Waals surface area contributed by atoms with Crippen molar-refractivity contribution in [1.29, 1.82) is 0 Å². The van der Waals surface area contributed by atoms with E-state index in [-0.39, 0.29) is 23.7 Å². The Bertz CT molecular complexity index is 346. The molecule has 0 amide bonds. The summed E-state index contributed by atoms with van der Waals surface area (Å²) in [7, 11) is 0. The van der Waals surface area contributed by atoms with Gasteiger partial charge in [-0.2, -0.15) is 0 Å². The fraction of sp³-hybridized carbons (Fsp3) is 0.538. The van der Waals surface area contributed by atoms with E-state index in [4.69, 9.17) is 10.8 Å². The van der Waals surface area contributed by atoms with Crippen LogP contribution in [0.5, 0.6) is 0 Å². The summed E-state index contributed by atoms with van der Waals surface area (Å²) in [5, 5.41) is 9.27. The number of aliphatic hydroxyl groups excluding tert-OH is 1. The van der Waals surface area contributed by atoms with Gasteiger partial charge >= 0.3 is 0 Å². The van der Waals surface area contributed by atoms with Crippen molar-refractivity contribution in [2.75, 3.05) is 6.61 Å². The molecule has 3 N–H and O–H groups in total. The number of benzene rings is 1. The number of rotatable bonds is 6. The van der Waals surface area contributed by atoms with E-state index in [2.05, 4.69) is 6.92 Å². The van der Waals surface area contributed by atoms with Gasteiger partial charge < -0.3 is 10.8 Å². The van der Waals surface area contributed by atoms with Crippen LogP contribution in [0.4, 0.5) is 4.39 Å². The van der Waals surface area contributed by atoms with E-state index in [1.54, 1.807) is 17.8 Å². The maximum atomic E-state index is 13.2. The summed E-state index contributed by atoms with van der Waals surface area (Å²) >= 11 is 1.69. The normalized spacial score (nSPS) is 16.5. The van der Waals surface area contributed by atoms with E-state index in [1.807, 2.05) is 13.0 Å². The highest BCUT2D eigenvalue weighted by molar-refractivity contribution is 8.00. The van der Waals surface area contributed by atoms with Gasteiger partial charge in [-0.05, 0) is 31.0 Å². The van der Waals surface area contributed by atoms with Crippen LogP contribution in [0.3, 0.4) is 0 Å². The minimum atomic E-state index is -0.233. The van der Waals surface area contributed by atoms with E-state index in [1.165, 1.54) is 12.1 Å². The first kappa shape index (κ1) is 14.5. The summed E-state index contributed by atoms with van der Waals surface area (Å²) in [5.74, 6) is -0.233. The average molecular weight is 257 g/mol. The number of hydrogen-bond acceptors (Lipinski definition) is 3. The Morgan fingerprint density at radius 1 is 1.41 bits per heavy atom. The van der Waals surface area contributed by atoms with Crippen LogP contribution in [0, 0.1) is 5.82 Å². The van der Waals surface area contributed by atoms with E-state index in [0.29, 0.717) is 5.25 Å². The first-order valence-electron chi connectivity index (χ1n) is 5.82. The molecule has 3 unspecified atom stereocenters. The first-order valence-corrected chi connectivity index (χ1v) is 6.76. The molecule has 0 spiro atoms. The van der Waals surface area contributed by atoms with Gasteiger partial charge in [0.1, 0.15) is 5.82 Å². The van der Waals surface area contributed by atoms with Crippen LogP contribution in [0.25, 0.3) is 0 Å². The molecule has 1 rings (SSSR count). The average Bonchev–Trinajstić information content (AvgIpc) is 2.26. The molecular weight excluding hydrogens is 237 g/mol. The zero-order chi connectivity index (χ0) is 12.8. The third kappa shape index (κ3) is 4.66. The maximum absolute atomic E-state index is 13.2. The van der Waals surface area contributed by atoms with Crippen molar-refractivity contribution >= 4 is 11.8 Å². The summed E-state index contributed by atoms with van der Waals surface area (Å²) in [6, 6.07) is 6.52. The highest BCUT2D eigenvalue weighted by Gasteiger charge is 2.20. The molecule has 0 aromatic heterocycles. The third-order valence-electron chi connectivity index (χ3n) is 2.57. The molecule has 17 heavy (non-hydrogen) atoms. The number of aliphatic hydroxyl groups is 1. The van der Waals surface area contributed by atoms with Crippen LogP contribution < -0.4 is 5.73 Å². The Kier molecular flexibility index (Phi) is 5.95. The predicted molar refractivity (Wildman–Crippen MR) is 71.5 cm³/mol. The number of hydrogen-bond donors (Lipinski definition) is 2. The van der Waals surface area contributed by atoms with Gasteiger partial charge in [0, 0.05) is 23.1 Å². The third-order valence-corrected chi connectivity index (χ3v) is 4.26. The topological polar surface area (TPSA) is 46.2 Å². The molecule has 0 aliphatic carbocycles. The van der Waals surface area contributed by atoms with Gasteiger partial charge in [-0.1, -0.05) is 19.1 Å². The highest BCUT2D eigenvalue weighted by Crippen LogP contribution is 2.35. The van der Waals surface area contributed by atoms with Gasteiger partial charge in [-0.15, -0.1) is 11.8 Å². The summed E-state index contributed by atoms with van der Waals surface area (Å²) in [5.41, 5.74) is 6.87. The molecule has 1 aromatic carbocycles. The SMILES string of the molecule is CC(CCO)SC(c1cccc(F)c1)C(C)N. The molecule has 0 fully saturated rings. The smallest absolute Gasteiger partial charge is 0.123 e. The van der Waals surface area contributed by atoms with Crippen molar-refractivity contribution < 1.29 is 9.50 Å². The summed E-state index contributed by atoms with van der Waals surface area (Å²) in [6.45, 7) is 4.15. The van der Waals surface area contributed by atoms with E-state index < -0.39 is 0 Å². The van der Waals surface area contributed by atoms with Gasteiger partial charge in [-0.3, -0.25) is 0 Å². The second-order valence-corrected chi connectivity index (χ2v) is 5.88. The molecule has 3 atom stereocenters. The van der Waals surface area contributed by atoms with Crippen molar-refractivity contribution in [3.8, 4) is 0 Å². The van der Waals surface area contributed by atoms with E-state index >= 15 is 0 Å². The van der Waals surface area contributed by atoms with Crippen LogP contribution in [0.1, 0.15) is 31.1 Å². The van der Waals surface area contributed by atoms with E-state index in [0.717, 1.165) is 12.0 Å². The van der Waals surface area contributed by atoms with Crippen LogP contribution in [0.2, 0.25) is 0 Å². The lowest BCUT2D eigenvalue weighted by atomic mass is 10.1. The Hall–Kier alpha value is -0.580. The molecule has 0 heterocycles. The molecule has 2 nitrogen and oxygen atoms in total. The molecule has 0 saturated heterocycles. The summed E-state index contributed by atoms with van der Waals surface area (Å²) in [6.07, 6.45) is 0.725. The van der Waals surface area contributed by atoms with Crippen molar-refractivity contribution in [2.45, 2.75) is 36.8 Å². The molecule has 0 aliphatic heterocycles. The molecule has 0 saturated carbocycles. The lowest BCUT2D eigenvalue weighted by molar-refractivity contribution is 0.288. The summed E-state index contributed by atoms with van der Waals surface area (Å²) < 4.78 is 13.2. The Morgan fingerprint density at radius 2 is 2.12 bits per heavy atom.